The third kappa shape index (κ3) is 3.89. The molecule has 0 aliphatic heterocycles. The molecule has 0 radical (unpaired) electrons. The maximum atomic E-state index is 13.3. The highest BCUT2D eigenvalue weighted by molar-refractivity contribution is 5.84. The maximum Gasteiger partial charge on any atom is 0.305 e. The fourth-order valence-electron chi connectivity index (χ4n) is 6.14. The molecule has 5 rings (SSSR count). The van der Waals surface area contributed by atoms with Crippen LogP contribution >= 0.6 is 0 Å². The summed E-state index contributed by atoms with van der Waals surface area (Å²) in [5.74, 6) is 2.00. The molecule has 2 N–H and O–H groups in total. The minimum Gasteiger partial charge on any atom is -0.494 e. The van der Waals surface area contributed by atoms with Gasteiger partial charge < -0.3 is 15.2 Å². The summed E-state index contributed by atoms with van der Waals surface area (Å²) >= 11 is 0. The first kappa shape index (κ1) is 19.3. The fourth-order valence-corrected chi connectivity index (χ4v) is 6.14. The van der Waals surface area contributed by atoms with E-state index in [1.165, 1.54) is 19.3 Å². The molecular formula is C23H31NO4. The quantitative estimate of drug-likeness (QED) is 0.699. The predicted molar refractivity (Wildman–Crippen MR) is 106 cm³/mol. The molecule has 4 bridgehead atoms. The average molecular weight is 386 g/mol. The van der Waals surface area contributed by atoms with Crippen LogP contribution < -0.4 is 10.1 Å². The second-order valence-electron chi connectivity index (χ2n) is 9.24. The molecule has 1 aromatic rings. The number of carboxylic acids is 1. The summed E-state index contributed by atoms with van der Waals surface area (Å²) in [4.78, 5) is 24.8. The normalized spacial score (nSPS) is 31.4. The Morgan fingerprint density at radius 2 is 1.68 bits per heavy atom. The fraction of sp³-hybridized carbons (Fsp3) is 0.652. The number of rotatable bonds is 8. The standard InChI is InChI=1S/C23H31NO4/c1-2-7-28-19-5-3-18(4-6-19)20(11-21(25)26)24-22(27)23-12-15-8-16(13-23)10-17(9-15)14-23/h3-6,15-17,20H,2,7-14H2,1H3,(H,24,27)(H,25,26)/t15?,16?,17?,20-,23?/m1/s1. The minimum atomic E-state index is -0.901. The molecule has 1 amide bonds. The molecule has 4 fully saturated rings. The molecule has 0 unspecified atom stereocenters. The molecule has 28 heavy (non-hydrogen) atoms. The zero-order valence-electron chi connectivity index (χ0n) is 16.7. The van der Waals surface area contributed by atoms with Crippen molar-refractivity contribution < 1.29 is 19.4 Å². The van der Waals surface area contributed by atoms with Gasteiger partial charge in [-0.2, -0.15) is 0 Å². The van der Waals surface area contributed by atoms with Crippen LogP contribution in [-0.4, -0.2) is 23.6 Å². The Morgan fingerprint density at radius 3 is 2.18 bits per heavy atom. The van der Waals surface area contributed by atoms with E-state index >= 15 is 0 Å². The molecule has 0 aromatic heterocycles. The number of ether oxygens (including phenoxy) is 1. The number of carbonyl (C=O) groups excluding carboxylic acids is 1. The third-order valence-corrected chi connectivity index (χ3v) is 6.96. The first-order chi connectivity index (χ1) is 13.5. The molecule has 1 aromatic carbocycles. The van der Waals surface area contributed by atoms with Gasteiger partial charge in [0.2, 0.25) is 5.91 Å². The molecule has 4 aliphatic carbocycles. The van der Waals surface area contributed by atoms with Crippen molar-refractivity contribution >= 4 is 11.9 Å². The summed E-state index contributed by atoms with van der Waals surface area (Å²) in [5.41, 5.74) is 0.555. The van der Waals surface area contributed by atoms with E-state index in [9.17, 15) is 14.7 Å². The number of aliphatic carboxylic acids is 1. The van der Waals surface area contributed by atoms with Crippen molar-refractivity contribution in [3.05, 3.63) is 29.8 Å². The van der Waals surface area contributed by atoms with Crippen LogP contribution in [0.15, 0.2) is 24.3 Å². The number of amides is 1. The summed E-state index contributed by atoms with van der Waals surface area (Å²) in [7, 11) is 0. The summed E-state index contributed by atoms with van der Waals surface area (Å²) in [6, 6.07) is 6.96. The molecule has 152 valence electrons. The highest BCUT2D eigenvalue weighted by Crippen LogP contribution is 2.60. The van der Waals surface area contributed by atoms with Crippen LogP contribution in [0.4, 0.5) is 0 Å². The molecule has 5 nitrogen and oxygen atoms in total. The number of hydrogen-bond acceptors (Lipinski definition) is 3. The van der Waals surface area contributed by atoms with Gasteiger partial charge in [0.25, 0.3) is 0 Å². The molecular weight excluding hydrogens is 354 g/mol. The lowest BCUT2D eigenvalue weighted by molar-refractivity contribution is -0.147. The van der Waals surface area contributed by atoms with Gasteiger partial charge in [0.05, 0.1) is 19.1 Å². The van der Waals surface area contributed by atoms with Crippen LogP contribution in [0.2, 0.25) is 0 Å². The first-order valence-corrected chi connectivity index (χ1v) is 10.7. The van der Waals surface area contributed by atoms with Gasteiger partial charge in [-0.1, -0.05) is 19.1 Å². The lowest BCUT2D eigenvalue weighted by Crippen LogP contribution is -2.54. The Kier molecular flexibility index (Phi) is 5.35. The van der Waals surface area contributed by atoms with Crippen LogP contribution in [0.3, 0.4) is 0 Å². The van der Waals surface area contributed by atoms with E-state index in [2.05, 4.69) is 12.2 Å². The SMILES string of the molecule is CCCOc1ccc([C@@H](CC(=O)O)NC(=O)C23CC4CC(CC(C4)C2)C3)cc1. The zero-order chi connectivity index (χ0) is 19.7. The van der Waals surface area contributed by atoms with Gasteiger partial charge in [0.1, 0.15) is 5.75 Å². The van der Waals surface area contributed by atoms with Crippen molar-refractivity contribution in [1.29, 1.82) is 0 Å². The van der Waals surface area contributed by atoms with Gasteiger partial charge in [-0.3, -0.25) is 9.59 Å². The second-order valence-corrected chi connectivity index (χ2v) is 9.24. The van der Waals surface area contributed by atoms with Gasteiger partial charge in [0, 0.05) is 5.41 Å². The van der Waals surface area contributed by atoms with E-state index < -0.39 is 12.0 Å². The van der Waals surface area contributed by atoms with Gasteiger partial charge in [-0.05, 0) is 80.4 Å². The first-order valence-electron chi connectivity index (χ1n) is 10.7. The number of carbonyl (C=O) groups is 2. The summed E-state index contributed by atoms with van der Waals surface area (Å²) < 4.78 is 5.61. The van der Waals surface area contributed by atoms with Crippen molar-refractivity contribution in [1.82, 2.24) is 5.32 Å². The smallest absolute Gasteiger partial charge is 0.305 e. The Hall–Kier alpha value is -2.04. The zero-order valence-corrected chi connectivity index (χ0v) is 16.7. The van der Waals surface area contributed by atoms with Crippen molar-refractivity contribution in [2.45, 2.75) is 64.3 Å². The molecule has 4 aliphatic rings. The van der Waals surface area contributed by atoms with Gasteiger partial charge in [-0.25, -0.2) is 0 Å². The number of benzene rings is 1. The number of nitrogens with one attached hydrogen (secondary N) is 1. The highest BCUT2D eigenvalue weighted by Gasteiger charge is 2.54. The van der Waals surface area contributed by atoms with Gasteiger partial charge in [0.15, 0.2) is 0 Å². The highest BCUT2D eigenvalue weighted by atomic mass is 16.5. The molecule has 1 atom stereocenters. The van der Waals surface area contributed by atoms with Crippen molar-refractivity contribution in [2.24, 2.45) is 23.2 Å². The summed E-state index contributed by atoms with van der Waals surface area (Å²) in [6.07, 6.45) is 7.62. The van der Waals surface area contributed by atoms with Gasteiger partial charge in [-0.15, -0.1) is 0 Å². The minimum absolute atomic E-state index is 0.0733. The molecule has 0 spiro atoms. The molecule has 0 heterocycles. The van der Waals surface area contributed by atoms with E-state index in [1.807, 2.05) is 24.3 Å². The lowest BCUT2D eigenvalue weighted by atomic mass is 9.49. The Labute approximate surface area is 166 Å². The van der Waals surface area contributed by atoms with Crippen molar-refractivity contribution in [3.63, 3.8) is 0 Å². The third-order valence-electron chi connectivity index (χ3n) is 6.96. The van der Waals surface area contributed by atoms with Crippen LogP contribution in [-0.2, 0) is 9.59 Å². The monoisotopic (exact) mass is 385 g/mol. The summed E-state index contributed by atoms with van der Waals surface area (Å²) in [5, 5.41) is 12.5. The lowest BCUT2D eigenvalue weighted by Gasteiger charge is -2.55. The average Bonchev–Trinajstić information content (AvgIpc) is 2.65. The van der Waals surface area contributed by atoms with Crippen LogP contribution in [0.1, 0.15) is 69.9 Å². The van der Waals surface area contributed by atoms with E-state index in [1.54, 1.807) is 0 Å². The topological polar surface area (TPSA) is 75.6 Å². The largest absolute Gasteiger partial charge is 0.494 e. The Bertz CT molecular complexity index is 691. The van der Waals surface area contributed by atoms with E-state index in [-0.39, 0.29) is 17.7 Å². The van der Waals surface area contributed by atoms with E-state index in [0.717, 1.165) is 37.0 Å². The molecule has 5 heteroatoms. The number of hydrogen-bond donors (Lipinski definition) is 2. The predicted octanol–water partition coefficient (Wildman–Crippen LogP) is 4.32. The van der Waals surface area contributed by atoms with Crippen LogP contribution in [0, 0.1) is 23.2 Å². The van der Waals surface area contributed by atoms with E-state index in [4.69, 9.17) is 4.74 Å². The van der Waals surface area contributed by atoms with Crippen LogP contribution in [0.5, 0.6) is 5.75 Å². The Balaban J connectivity index is 1.49. The number of carboxylic acid groups (broad SMARTS) is 1. The van der Waals surface area contributed by atoms with Gasteiger partial charge >= 0.3 is 5.97 Å². The molecule has 0 saturated heterocycles. The Morgan fingerprint density at radius 1 is 1.11 bits per heavy atom. The molecule has 4 saturated carbocycles. The summed E-state index contributed by atoms with van der Waals surface area (Å²) in [6.45, 7) is 2.71. The van der Waals surface area contributed by atoms with Crippen molar-refractivity contribution in [2.75, 3.05) is 6.61 Å². The van der Waals surface area contributed by atoms with Crippen molar-refractivity contribution in [3.8, 4) is 5.75 Å². The second kappa shape index (κ2) is 7.76. The van der Waals surface area contributed by atoms with E-state index in [0.29, 0.717) is 24.4 Å². The van der Waals surface area contributed by atoms with Crippen LogP contribution in [0.25, 0.3) is 0 Å². The maximum absolute atomic E-state index is 13.3.